The van der Waals surface area contributed by atoms with Crippen LogP contribution in [-0.2, 0) is 9.53 Å². The number of carbonyl (C=O) groups excluding carboxylic acids is 1. The van der Waals surface area contributed by atoms with E-state index in [-0.39, 0.29) is 11.3 Å². The van der Waals surface area contributed by atoms with Gasteiger partial charge in [-0.15, -0.1) is 0 Å². The van der Waals surface area contributed by atoms with Gasteiger partial charge in [-0.05, 0) is 96.7 Å². The van der Waals surface area contributed by atoms with Gasteiger partial charge in [0.2, 0.25) is 0 Å². The van der Waals surface area contributed by atoms with Gasteiger partial charge in [0.15, 0.2) is 11.3 Å². The van der Waals surface area contributed by atoms with Crippen molar-refractivity contribution in [2.75, 3.05) is 0 Å². The van der Waals surface area contributed by atoms with Crippen LogP contribution in [0.4, 0.5) is 0 Å². The maximum Gasteiger partial charge on any atom is 0.344 e. The molecule has 0 unspecified atom stereocenters. The highest BCUT2D eigenvalue weighted by Gasteiger charge is 2.49. The van der Waals surface area contributed by atoms with E-state index in [1.165, 1.54) is 6.42 Å². The molecule has 0 spiro atoms. The van der Waals surface area contributed by atoms with Crippen LogP contribution in [0, 0.1) is 46.3 Å². The van der Waals surface area contributed by atoms with Crippen molar-refractivity contribution in [3.8, 4) is 12.1 Å². The van der Waals surface area contributed by atoms with Gasteiger partial charge in [0.05, 0.1) is 5.57 Å². The highest BCUT2D eigenvalue weighted by Crippen LogP contribution is 2.59. The van der Waals surface area contributed by atoms with Crippen LogP contribution in [0.5, 0.6) is 0 Å². The van der Waals surface area contributed by atoms with Crippen molar-refractivity contribution < 1.29 is 9.53 Å². The molecule has 0 radical (unpaired) electrons. The zero-order valence-corrected chi connectivity index (χ0v) is 20.9. The largest absolute Gasteiger partial charge is 0.420 e. The van der Waals surface area contributed by atoms with Crippen molar-refractivity contribution in [2.45, 2.75) is 32.1 Å². The SMILES string of the molecule is N#CC(C#N)=C1OC(=O)C(=C2C3CC4CC(C3)CC2C4)C1=C(c1ccc(Cl)cc1)c1ccc(Cl)cc1. The fraction of sp³-hybridized carbons (Fsp3) is 0.300. The van der Waals surface area contributed by atoms with Gasteiger partial charge >= 0.3 is 5.97 Å². The van der Waals surface area contributed by atoms with Crippen LogP contribution in [-0.4, -0.2) is 5.97 Å². The van der Waals surface area contributed by atoms with E-state index < -0.39 is 5.97 Å². The number of esters is 1. The smallest absolute Gasteiger partial charge is 0.344 e. The van der Waals surface area contributed by atoms with Gasteiger partial charge in [0.25, 0.3) is 0 Å². The number of cyclic esters (lactones) is 1. The van der Waals surface area contributed by atoms with E-state index in [2.05, 4.69) is 0 Å². The molecule has 4 nitrogen and oxygen atoms in total. The lowest BCUT2D eigenvalue weighted by molar-refractivity contribution is -0.132. The third-order valence-electron chi connectivity index (χ3n) is 8.15. The number of nitriles is 2. The normalized spacial score (nSPS) is 26.1. The van der Waals surface area contributed by atoms with Crippen LogP contribution in [0.2, 0.25) is 10.0 Å². The van der Waals surface area contributed by atoms with Crippen molar-refractivity contribution in [3.63, 3.8) is 0 Å². The van der Waals surface area contributed by atoms with Crippen molar-refractivity contribution in [1.29, 1.82) is 10.5 Å². The number of hydrogen-bond donors (Lipinski definition) is 0. The zero-order chi connectivity index (χ0) is 25.0. The molecule has 0 N–H and O–H groups in total. The Morgan fingerprint density at radius 1 is 0.778 bits per heavy atom. The Kier molecular flexibility index (Phi) is 5.76. The Bertz CT molecular complexity index is 1360. The number of halogens is 2. The monoisotopic (exact) mass is 512 g/mol. The highest BCUT2D eigenvalue weighted by molar-refractivity contribution is 6.31. The molecule has 4 aliphatic carbocycles. The van der Waals surface area contributed by atoms with Crippen molar-refractivity contribution in [1.82, 2.24) is 0 Å². The minimum atomic E-state index is -0.467. The van der Waals surface area contributed by atoms with Crippen molar-refractivity contribution >= 4 is 34.7 Å². The molecule has 0 amide bonds. The first-order valence-corrected chi connectivity index (χ1v) is 13.0. The van der Waals surface area contributed by atoms with E-state index in [0.29, 0.717) is 33.0 Å². The lowest BCUT2D eigenvalue weighted by atomic mass is 9.53. The Hall–Kier alpha value is -3.31. The average molecular weight is 513 g/mol. The van der Waals surface area contributed by atoms with E-state index in [1.807, 2.05) is 36.4 Å². The molecule has 0 aromatic heterocycles. The lowest BCUT2D eigenvalue weighted by Crippen LogP contribution is -2.41. The van der Waals surface area contributed by atoms with E-state index >= 15 is 0 Å². The van der Waals surface area contributed by atoms with Crippen molar-refractivity contribution in [3.05, 3.63) is 97.8 Å². The van der Waals surface area contributed by atoms with Crippen molar-refractivity contribution in [2.24, 2.45) is 23.7 Å². The Labute approximate surface area is 220 Å². The summed E-state index contributed by atoms with van der Waals surface area (Å²) < 4.78 is 5.79. The van der Waals surface area contributed by atoms with Crippen LogP contribution in [0.15, 0.2) is 76.6 Å². The predicted octanol–water partition coefficient (Wildman–Crippen LogP) is 7.41. The van der Waals surface area contributed by atoms with E-state index in [4.69, 9.17) is 27.9 Å². The fourth-order valence-corrected chi connectivity index (χ4v) is 7.25. The molecule has 1 saturated heterocycles. The highest BCUT2D eigenvalue weighted by atomic mass is 35.5. The third-order valence-corrected chi connectivity index (χ3v) is 8.65. The average Bonchev–Trinajstić information content (AvgIpc) is 3.18. The number of nitrogens with zero attached hydrogens (tertiary/aromatic N) is 2. The standard InChI is InChI=1S/C30H22Cl2N2O2/c31-23-5-1-18(2-6-23)25(19-3-7-24(32)8-4-19)27-28(30(35)36-29(27)22(14-33)15-34)26-20-10-16-9-17(12-20)13-21(26)11-16/h1-8,16-17,20-21H,9-13H2. The van der Waals surface area contributed by atoms with Crippen LogP contribution in [0.25, 0.3) is 5.57 Å². The first kappa shape index (κ1) is 23.1. The summed E-state index contributed by atoms with van der Waals surface area (Å²) in [7, 11) is 0. The van der Waals surface area contributed by atoms with E-state index in [9.17, 15) is 15.3 Å². The van der Waals surface area contributed by atoms with Crippen LogP contribution >= 0.6 is 23.2 Å². The molecule has 1 aliphatic heterocycles. The number of rotatable bonds is 2. The molecule has 5 fully saturated rings. The summed E-state index contributed by atoms with van der Waals surface area (Å²) >= 11 is 12.4. The Morgan fingerprint density at radius 2 is 1.25 bits per heavy atom. The number of carbonyl (C=O) groups is 1. The minimum Gasteiger partial charge on any atom is -0.420 e. The summed E-state index contributed by atoms with van der Waals surface area (Å²) in [4.78, 5) is 13.6. The second-order valence-electron chi connectivity index (χ2n) is 10.2. The van der Waals surface area contributed by atoms with Gasteiger partial charge in [0, 0.05) is 21.2 Å². The summed E-state index contributed by atoms with van der Waals surface area (Å²) in [5.41, 5.74) is 4.37. The first-order valence-electron chi connectivity index (χ1n) is 12.2. The quantitative estimate of drug-likeness (QED) is 0.238. The third kappa shape index (κ3) is 3.77. The minimum absolute atomic E-state index is 0.0428. The Balaban J connectivity index is 1.71. The molecule has 5 aliphatic rings. The van der Waals surface area contributed by atoms with Crippen LogP contribution in [0.3, 0.4) is 0 Å². The number of allylic oxidation sites excluding steroid dienone is 3. The van der Waals surface area contributed by atoms with Gasteiger partial charge in [-0.25, -0.2) is 4.79 Å². The fourth-order valence-electron chi connectivity index (χ4n) is 7.00. The van der Waals surface area contributed by atoms with Crippen LogP contribution in [0.1, 0.15) is 43.2 Å². The maximum absolute atomic E-state index is 13.6. The van der Waals surface area contributed by atoms with Gasteiger partial charge in [-0.2, -0.15) is 10.5 Å². The molecule has 6 heteroatoms. The van der Waals surface area contributed by atoms with Gasteiger partial charge in [-0.1, -0.05) is 47.5 Å². The molecule has 178 valence electrons. The zero-order valence-electron chi connectivity index (χ0n) is 19.4. The number of benzene rings is 2. The molecular weight excluding hydrogens is 491 g/mol. The Morgan fingerprint density at radius 3 is 1.69 bits per heavy atom. The molecule has 7 rings (SSSR count). The topological polar surface area (TPSA) is 73.9 Å². The molecule has 1 heterocycles. The lowest BCUT2D eigenvalue weighted by Gasteiger charge is -2.51. The summed E-state index contributed by atoms with van der Waals surface area (Å²) in [6.45, 7) is 0. The summed E-state index contributed by atoms with van der Waals surface area (Å²) in [6, 6.07) is 18.6. The first-order chi connectivity index (χ1) is 17.5. The molecule has 2 aromatic rings. The second-order valence-corrected chi connectivity index (χ2v) is 11.1. The summed E-state index contributed by atoms with van der Waals surface area (Å²) in [6.07, 6.45) is 5.65. The molecular formula is C30H22Cl2N2O2. The summed E-state index contributed by atoms with van der Waals surface area (Å²) in [5.74, 6) is 1.69. The predicted molar refractivity (Wildman–Crippen MR) is 137 cm³/mol. The van der Waals surface area contributed by atoms with Gasteiger partial charge in [-0.3, -0.25) is 0 Å². The maximum atomic E-state index is 13.6. The summed E-state index contributed by atoms with van der Waals surface area (Å²) in [5, 5.41) is 20.8. The molecule has 36 heavy (non-hydrogen) atoms. The van der Waals surface area contributed by atoms with E-state index in [0.717, 1.165) is 59.8 Å². The van der Waals surface area contributed by atoms with Gasteiger partial charge in [0.1, 0.15) is 12.1 Å². The van der Waals surface area contributed by atoms with E-state index in [1.54, 1.807) is 24.3 Å². The number of hydrogen-bond acceptors (Lipinski definition) is 4. The molecule has 4 saturated carbocycles. The van der Waals surface area contributed by atoms with Crippen LogP contribution < -0.4 is 0 Å². The molecule has 2 aromatic carbocycles. The molecule has 4 bridgehead atoms. The second kappa shape index (κ2) is 8.97. The van der Waals surface area contributed by atoms with Gasteiger partial charge < -0.3 is 4.74 Å². The number of ether oxygens (including phenoxy) is 1. The molecule has 0 atom stereocenters.